The molecule has 0 unspecified atom stereocenters. The number of halogens is 7. The van der Waals surface area contributed by atoms with Crippen LogP contribution in [-0.2, 0) is 0 Å². The fraction of sp³-hybridized carbons (Fsp3) is 0.333. The van der Waals surface area contributed by atoms with E-state index in [0.29, 0.717) is 28.2 Å². The summed E-state index contributed by atoms with van der Waals surface area (Å²) < 4.78 is 86.6. The van der Waals surface area contributed by atoms with Crippen molar-refractivity contribution in [3.63, 3.8) is 0 Å². The van der Waals surface area contributed by atoms with Gasteiger partial charge in [-0.25, -0.2) is 9.97 Å². The average Bonchev–Trinajstić information content (AvgIpc) is 2.58. The molecule has 0 spiro atoms. The number of aromatic nitrogens is 2. The van der Waals surface area contributed by atoms with Gasteiger partial charge in [0.1, 0.15) is 6.33 Å². The maximum Gasteiger partial charge on any atom is 0.422 e. The average molecular weight is 448 g/mol. The lowest BCUT2D eigenvalue weighted by Crippen LogP contribution is -2.21. The Hall–Kier alpha value is -2.08. The third-order valence-electron chi connectivity index (χ3n) is 3.01. The van der Waals surface area contributed by atoms with Crippen LogP contribution < -0.4 is 14.2 Å². The zero-order valence-electron chi connectivity index (χ0n) is 14.0. The van der Waals surface area contributed by atoms with Crippen molar-refractivity contribution in [1.82, 2.24) is 9.97 Å². The molecule has 1 aromatic carbocycles. The third-order valence-corrected chi connectivity index (χ3v) is 4.30. The summed E-state index contributed by atoms with van der Waals surface area (Å²) in [5.74, 6) is -1.16. The smallest absolute Gasteiger partial charge is 0.422 e. The molecule has 0 aliphatic rings. The van der Waals surface area contributed by atoms with Crippen molar-refractivity contribution in [2.45, 2.75) is 24.2 Å². The van der Waals surface area contributed by atoms with Gasteiger partial charge in [0, 0.05) is 10.7 Å². The van der Waals surface area contributed by atoms with Crippen LogP contribution in [0.15, 0.2) is 29.4 Å². The number of hydrogen-bond acceptors (Lipinski definition) is 6. The van der Waals surface area contributed by atoms with Crippen molar-refractivity contribution in [3.05, 3.63) is 35.1 Å². The molecule has 5 nitrogen and oxygen atoms in total. The van der Waals surface area contributed by atoms with Gasteiger partial charge in [0.2, 0.25) is 11.8 Å². The van der Waals surface area contributed by atoms with Crippen molar-refractivity contribution >= 4 is 29.2 Å². The van der Waals surface area contributed by atoms with Crippen LogP contribution >= 0.6 is 23.5 Å². The Bertz CT molecular complexity index is 783. The quantitative estimate of drug-likeness (QED) is 0.450. The van der Waals surface area contributed by atoms with Crippen molar-refractivity contribution in [3.8, 4) is 11.8 Å². The van der Waals surface area contributed by atoms with Crippen LogP contribution in [0.5, 0.6) is 11.8 Å². The highest BCUT2D eigenvalue weighted by Crippen LogP contribution is 2.37. The lowest BCUT2D eigenvalue weighted by molar-refractivity contribution is -0.155. The molecule has 0 radical (unpaired) electrons. The van der Waals surface area contributed by atoms with Crippen molar-refractivity contribution in [2.24, 2.45) is 0 Å². The summed E-state index contributed by atoms with van der Waals surface area (Å²) in [6.45, 7) is -1.70. The van der Waals surface area contributed by atoms with Crippen molar-refractivity contribution < 1.29 is 35.8 Å². The first kappa shape index (κ1) is 22.2. The van der Waals surface area contributed by atoms with Gasteiger partial charge in [-0.15, -0.1) is 0 Å². The summed E-state index contributed by atoms with van der Waals surface area (Å²) in [6.07, 6.45) is -8.60. The molecule has 1 N–H and O–H groups in total. The maximum absolute atomic E-state index is 12.4. The van der Waals surface area contributed by atoms with Gasteiger partial charge in [0.15, 0.2) is 18.1 Å². The Labute approximate surface area is 164 Å². The van der Waals surface area contributed by atoms with Crippen LogP contribution in [0, 0.1) is 6.92 Å². The molecule has 13 heteroatoms. The van der Waals surface area contributed by atoms with E-state index in [1.54, 1.807) is 25.1 Å². The van der Waals surface area contributed by atoms with E-state index < -0.39 is 37.3 Å². The van der Waals surface area contributed by atoms with Gasteiger partial charge in [-0.3, -0.25) is 0 Å². The Balaban J connectivity index is 2.28. The predicted octanol–water partition coefficient (Wildman–Crippen LogP) is 5.44. The standard InChI is InChI=1S/C15H12ClF6N3O2S/c1-8-9(16)3-2-4-10(8)25-28-11-12(26-5-14(17,18)19)23-7-24-13(11)27-6-15(20,21)22/h2-4,7,25H,5-6H2,1H3. The summed E-state index contributed by atoms with van der Waals surface area (Å²) in [7, 11) is 0. The van der Waals surface area contributed by atoms with Crippen LogP contribution in [-0.4, -0.2) is 35.5 Å². The third kappa shape index (κ3) is 6.82. The second kappa shape index (κ2) is 8.95. The molecule has 1 aromatic heterocycles. The Kier molecular flexibility index (Phi) is 7.10. The molecule has 28 heavy (non-hydrogen) atoms. The zero-order valence-corrected chi connectivity index (χ0v) is 15.6. The van der Waals surface area contributed by atoms with E-state index >= 15 is 0 Å². The predicted molar refractivity (Wildman–Crippen MR) is 90.8 cm³/mol. The minimum Gasteiger partial charge on any atom is -0.467 e. The van der Waals surface area contributed by atoms with Crippen LogP contribution in [0.25, 0.3) is 0 Å². The molecular formula is C15H12ClF6N3O2S. The molecule has 0 bridgehead atoms. The molecule has 0 saturated carbocycles. The monoisotopic (exact) mass is 447 g/mol. The van der Waals surface area contributed by atoms with Gasteiger partial charge in [-0.05, 0) is 36.6 Å². The largest absolute Gasteiger partial charge is 0.467 e. The lowest BCUT2D eigenvalue weighted by Gasteiger charge is -2.16. The second-order valence-corrected chi connectivity index (χ2v) is 6.46. The van der Waals surface area contributed by atoms with E-state index in [0.717, 1.165) is 6.33 Å². The number of anilines is 1. The van der Waals surface area contributed by atoms with E-state index in [1.807, 2.05) is 0 Å². The van der Waals surface area contributed by atoms with Gasteiger partial charge >= 0.3 is 12.4 Å². The van der Waals surface area contributed by atoms with Gasteiger partial charge in [0.25, 0.3) is 0 Å². The highest BCUT2D eigenvalue weighted by atomic mass is 35.5. The van der Waals surface area contributed by atoms with Gasteiger partial charge < -0.3 is 14.2 Å². The molecule has 0 atom stereocenters. The molecule has 1 heterocycles. The number of hydrogen-bond donors (Lipinski definition) is 1. The fourth-order valence-electron chi connectivity index (χ4n) is 1.76. The van der Waals surface area contributed by atoms with E-state index in [9.17, 15) is 26.3 Å². The number of ether oxygens (including phenoxy) is 2. The van der Waals surface area contributed by atoms with Gasteiger partial charge in [-0.1, -0.05) is 17.7 Å². The van der Waals surface area contributed by atoms with Crippen LogP contribution in [0.4, 0.5) is 32.0 Å². The second-order valence-electron chi connectivity index (χ2n) is 5.24. The van der Waals surface area contributed by atoms with Crippen LogP contribution in [0.2, 0.25) is 5.02 Å². The topological polar surface area (TPSA) is 56.3 Å². The van der Waals surface area contributed by atoms with Gasteiger partial charge in [-0.2, -0.15) is 26.3 Å². The number of nitrogens with one attached hydrogen (secondary N) is 1. The lowest BCUT2D eigenvalue weighted by atomic mass is 10.2. The van der Waals surface area contributed by atoms with Gasteiger partial charge in [0.05, 0.1) is 0 Å². The number of rotatable bonds is 7. The van der Waals surface area contributed by atoms with E-state index in [4.69, 9.17) is 11.6 Å². The molecular weight excluding hydrogens is 436 g/mol. The molecule has 0 aliphatic carbocycles. The van der Waals surface area contributed by atoms with E-state index in [-0.39, 0.29) is 4.90 Å². The minimum absolute atomic E-state index is 0.282. The summed E-state index contributed by atoms with van der Waals surface area (Å²) in [6, 6.07) is 4.85. The Morgan fingerprint density at radius 3 is 2.04 bits per heavy atom. The number of nitrogens with zero attached hydrogens (tertiary/aromatic N) is 2. The molecule has 2 aromatic rings. The summed E-state index contributed by atoms with van der Waals surface area (Å²) in [5, 5.41) is 0.414. The molecule has 0 aliphatic heterocycles. The zero-order chi connectivity index (χ0) is 20.9. The Morgan fingerprint density at radius 1 is 1.00 bits per heavy atom. The molecule has 0 fully saturated rings. The minimum atomic E-state index is -4.67. The first-order valence-corrected chi connectivity index (χ1v) is 8.58. The summed E-state index contributed by atoms with van der Waals surface area (Å²) >= 11 is 6.62. The Morgan fingerprint density at radius 2 is 1.54 bits per heavy atom. The molecule has 0 saturated heterocycles. The number of benzene rings is 1. The highest BCUT2D eigenvalue weighted by Gasteiger charge is 2.32. The molecule has 2 rings (SSSR count). The normalized spacial score (nSPS) is 12.0. The number of alkyl halides is 6. The van der Waals surface area contributed by atoms with Crippen molar-refractivity contribution in [1.29, 1.82) is 0 Å². The molecule has 154 valence electrons. The van der Waals surface area contributed by atoms with Crippen LogP contribution in [0.1, 0.15) is 5.56 Å². The van der Waals surface area contributed by atoms with Crippen molar-refractivity contribution in [2.75, 3.05) is 17.9 Å². The first-order chi connectivity index (χ1) is 13.0. The van der Waals surface area contributed by atoms with Crippen LogP contribution in [0.3, 0.4) is 0 Å². The molecule has 0 amide bonds. The fourth-order valence-corrected chi connectivity index (χ4v) is 2.77. The SMILES string of the molecule is Cc1c(Cl)cccc1NSc1c(OCC(F)(F)F)ncnc1OCC(F)(F)F. The van der Waals surface area contributed by atoms with E-state index in [1.165, 1.54) is 0 Å². The summed E-state index contributed by atoms with van der Waals surface area (Å²) in [5.41, 5.74) is 1.09. The maximum atomic E-state index is 12.4. The van der Waals surface area contributed by atoms with E-state index in [2.05, 4.69) is 24.2 Å². The highest BCUT2D eigenvalue weighted by molar-refractivity contribution is 8.00. The summed E-state index contributed by atoms with van der Waals surface area (Å²) in [4.78, 5) is 6.83. The first-order valence-electron chi connectivity index (χ1n) is 7.38.